The predicted octanol–water partition coefficient (Wildman–Crippen LogP) is 1.77. The van der Waals surface area contributed by atoms with E-state index in [0.29, 0.717) is 0 Å². The Morgan fingerprint density at radius 1 is 1.64 bits per heavy atom. The lowest BCUT2D eigenvalue weighted by molar-refractivity contribution is 0.371. The van der Waals surface area contributed by atoms with Gasteiger partial charge in [0, 0.05) is 12.2 Å². The third-order valence-electron chi connectivity index (χ3n) is 2.52. The van der Waals surface area contributed by atoms with Gasteiger partial charge in [-0.3, -0.25) is 4.68 Å². The highest BCUT2D eigenvalue weighted by Gasteiger charge is 2.16. The molecule has 0 saturated heterocycles. The summed E-state index contributed by atoms with van der Waals surface area (Å²) in [5.41, 5.74) is 2.81. The maximum Gasteiger partial charge on any atom is 0.0521 e. The van der Waals surface area contributed by atoms with Crippen LogP contribution in [0.15, 0.2) is 6.20 Å². The molecule has 0 bridgehead atoms. The van der Waals surface area contributed by atoms with Crippen LogP contribution < -0.4 is 0 Å². The first-order valence-electron chi connectivity index (χ1n) is 4.28. The molecule has 0 saturated carbocycles. The van der Waals surface area contributed by atoms with Gasteiger partial charge in [0.25, 0.3) is 0 Å². The molecule has 1 aromatic rings. The molecule has 0 spiro atoms. The Labute approximate surface area is 67.2 Å². The second-order valence-electron chi connectivity index (χ2n) is 3.60. The molecule has 2 heteroatoms. The van der Waals surface area contributed by atoms with E-state index in [0.717, 1.165) is 12.5 Å². The van der Waals surface area contributed by atoms with Crippen molar-refractivity contribution in [3.8, 4) is 0 Å². The summed E-state index contributed by atoms with van der Waals surface area (Å²) in [6.45, 7) is 5.55. The van der Waals surface area contributed by atoms with Gasteiger partial charge in [0.15, 0.2) is 0 Å². The van der Waals surface area contributed by atoms with E-state index in [1.54, 1.807) is 0 Å². The number of hydrogen-bond acceptors (Lipinski definition) is 1. The van der Waals surface area contributed by atoms with E-state index in [-0.39, 0.29) is 0 Å². The van der Waals surface area contributed by atoms with E-state index in [9.17, 15) is 0 Å². The van der Waals surface area contributed by atoms with Crippen molar-refractivity contribution in [2.75, 3.05) is 0 Å². The van der Waals surface area contributed by atoms with Crippen molar-refractivity contribution in [2.24, 2.45) is 5.92 Å². The molecule has 1 unspecified atom stereocenters. The van der Waals surface area contributed by atoms with E-state index >= 15 is 0 Å². The SMILES string of the molecule is Cc1cnn2c1CCC(C)C2. The number of rotatable bonds is 0. The molecule has 0 aromatic carbocycles. The van der Waals surface area contributed by atoms with Crippen molar-refractivity contribution in [2.45, 2.75) is 33.2 Å². The molecule has 0 fully saturated rings. The molecule has 2 nitrogen and oxygen atoms in total. The van der Waals surface area contributed by atoms with Crippen LogP contribution in [0.2, 0.25) is 0 Å². The molecule has 1 aliphatic rings. The normalized spacial score (nSPS) is 23.3. The Morgan fingerprint density at radius 2 is 2.45 bits per heavy atom. The third kappa shape index (κ3) is 1.06. The van der Waals surface area contributed by atoms with Crippen LogP contribution in [0.4, 0.5) is 0 Å². The van der Waals surface area contributed by atoms with Crippen LogP contribution in [0.25, 0.3) is 0 Å². The molecular formula is C9H14N2. The van der Waals surface area contributed by atoms with Crippen LogP contribution in [-0.4, -0.2) is 9.78 Å². The summed E-state index contributed by atoms with van der Waals surface area (Å²) in [5, 5.41) is 4.32. The topological polar surface area (TPSA) is 17.8 Å². The summed E-state index contributed by atoms with van der Waals surface area (Å²) in [5.74, 6) is 0.807. The summed E-state index contributed by atoms with van der Waals surface area (Å²) >= 11 is 0. The summed E-state index contributed by atoms with van der Waals surface area (Å²) in [6, 6.07) is 0. The summed E-state index contributed by atoms with van der Waals surface area (Å²) in [6.07, 6.45) is 4.52. The van der Waals surface area contributed by atoms with Gasteiger partial charge < -0.3 is 0 Å². The Kier molecular flexibility index (Phi) is 1.48. The smallest absolute Gasteiger partial charge is 0.0521 e. The Hall–Kier alpha value is -0.790. The van der Waals surface area contributed by atoms with Crippen molar-refractivity contribution in [3.05, 3.63) is 17.5 Å². The zero-order valence-corrected chi connectivity index (χ0v) is 7.17. The van der Waals surface area contributed by atoms with Gasteiger partial charge in [0.05, 0.1) is 6.20 Å². The van der Waals surface area contributed by atoms with Gasteiger partial charge in [-0.05, 0) is 31.2 Å². The molecule has 60 valence electrons. The molecular weight excluding hydrogens is 136 g/mol. The number of hydrogen-bond donors (Lipinski definition) is 0. The van der Waals surface area contributed by atoms with E-state index < -0.39 is 0 Å². The first-order chi connectivity index (χ1) is 5.27. The van der Waals surface area contributed by atoms with E-state index in [1.807, 2.05) is 6.20 Å². The maximum absolute atomic E-state index is 4.32. The largest absolute Gasteiger partial charge is 0.269 e. The maximum atomic E-state index is 4.32. The van der Waals surface area contributed by atoms with Crippen molar-refractivity contribution in [1.29, 1.82) is 0 Å². The van der Waals surface area contributed by atoms with Crippen LogP contribution in [-0.2, 0) is 13.0 Å². The fraction of sp³-hybridized carbons (Fsp3) is 0.667. The minimum absolute atomic E-state index is 0.807. The monoisotopic (exact) mass is 150 g/mol. The van der Waals surface area contributed by atoms with Crippen LogP contribution in [0.5, 0.6) is 0 Å². The molecule has 1 aliphatic heterocycles. The lowest BCUT2D eigenvalue weighted by Crippen LogP contribution is -2.18. The van der Waals surface area contributed by atoms with Gasteiger partial charge in [-0.25, -0.2) is 0 Å². The van der Waals surface area contributed by atoms with Crippen molar-refractivity contribution in [1.82, 2.24) is 9.78 Å². The summed E-state index contributed by atoms with van der Waals surface area (Å²) in [7, 11) is 0. The van der Waals surface area contributed by atoms with Crippen molar-refractivity contribution in [3.63, 3.8) is 0 Å². The standard InChI is InChI=1S/C9H14N2/c1-7-3-4-9-8(2)5-10-11(9)6-7/h5,7H,3-4,6H2,1-2H3. The second kappa shape index (κ2) is 2.36. The van der Waals surface area contributed by atoms with Crippen molar-refractivity contribution < 1.29 is 0 Å². The summed E-state index contributed by atoms with van der Waals surface area (Å²) in [4.78, 5) is 0. The fourth-order valence-electron chi connectivity index (χ4n) is 1.76. The van der Waals surface area contributed by atoms with Crippen LogP contribution in [0.1, 0.15) is 24.6 Å². The molecule has 1 atom stereocenters. The first kappa shape index (κ1) is 6.89. The molecule has 2 heterocycles. The first-order valence-corrected chi connectivity index (χ1v) is 4.28. The van der Waals surface area contributed by atoms with E-state index in [2.05, 4.69) is 23.6 Å². The van der Waals surface area contributed by atoms with Gasteiger partial charge >= 0.3 is 0 Å². The van der Waals surface area contributed by atoms with Crippen LogP contribution in [0.3, 0.4) is 0 Å². The number of fused-ring (bicyclic) bond motifs is 1. The number of nitrogens with zero attached hydrogens (tertiary/aromatic N) is 2. The molecule has 0 N–H and O–H groups in total. The molecule has 2 rings (SSSR count). The molecule has 0 aliphatic carbocycles. The van der Waals surface area contributed by atoms with E-state index in [1.165, 1.54) is 24.1 Å². The van der Waals surface area contributed by atoms with Crippen molar-refractivity contribution >= 4 is 0 Å². The number of aromatic nitrogens is 2. The Bertz CT molecular complexity index is 263. The third-order valence-corrected chi connectivity index (χ3v) is 2.52. The Balaban J connectivity index is 2.36. The quantitative estimate of drug-likeness (QED) is 0.551. The summed E-state index contributed by atoms with van der Waals surface area (Å²) < 4.78 is 2.16. The fourth-order valence-corrected chi connectivity index (χ4v) is 1.76. The highest BCUT2D eigenvalue weighted by atomic mass is 15.3. The predicted molar refractivity (Wildman–Crippen MR) is 44.4 cm³/mol. The average Bonchev–Trinajstić information content (AvgIpc) is 2.32. The van der Waals surface area contributed by atoms with E-state index in [4.69, 9.17) is 0 Å². The average molecular weight is 150 g/mol. The van der Waals surface area contributed by atoms with Crippen LogP contribution in [0, 0.1) is 12.8 Å². The molecule has 11 heavy (non-hydrogen) atoms. The zero-order valence-electron chi connectivity index (χ0n) is 7.17. The van der Waals surface area contributed by atoms with Gasteiger partial charge in [-0.15, -0.1) is 0 Å². The molecule has 0 amide bonds. The molecule has 0 radical (unpaired) electrons. The van der Waals surface area contributed by atoms with Gasteiger partial charge in [0.1, 0.15) is 0 Å². The number of aryl methyl sites for hydroxylation is 1. The minimum atomic E-state index is 0.807. The lowest BCUT2D eigenvalue weighted by atomic mass is 9.99. The highest BCUT2D eigenvalue weighted by molar-refractivity contribution is 5.16. The lowest BCUT2D eigenvalue weighted by Gasteiger charge is -2.20. The van der Waals surface area contributed by atoms with Gasteiger partial charge in [0.2, 0.25) is 0 Å². The second-order valence-corrected chi connectivity index (χ2v) is 3.60. The minimum Gasteiger partial charge on any atom is -0.269 e. The Morgan fingerprint density at radius 3 is 3.27 bits per heavy atom. The zero-order chi connectivity index (χ0) is 7.84. The molecule has 1 aromatic heterocycles. The highest BCUT2D eigenvalue weighted by Crippen LogP contribution is 2.20. The van der Waals surface area contributed by atoms with Crippen LogP contribution >= 0.6 is 0 Å². The van der Waals surface area contributed by atoms with Gasteiger partial charge in [-0.1, -0.05) is 6.92 Å². The van der Waals surface area contributed by atoms with Gasteiger partial charge in [-0.2, -0.15) is 5.10 Å².